The van der Waals surface area contributed by atoms with Gasteiger partial charge in [0.1, 0.15) is 19.1 Å². The van der Waals surface area contributed by atoms with E-state index >= 15 is 0 Å². The lowest BCUT2D eigenvalue weighted by atomic mass is 9.72. The van der Waals surface area contributed by atoms with Crippen molar-refractivity contribution < 1.29 is 37.4 Å². The molecule has 0 spiro atoms. The highest BCUT2D eigenvalue weighted by molar-refractivity contribution is 6.30. The molecule has 0 radical (unpaired) electrons. The van der Waals surface area contributed by atoms with Gasteiger partial charge in [-0.25, -0.2) is 9.97 Å². The molecule has 0 aliphatic carbocycles. The zero-order chi connectivity index (χ0) is 98.6. The zero-order valence-electron chi connectivity index (χ0n) is 86.4. The molecule has 10 unspecified atom stereocenters. The highest BCUT2D eigenvalue weighted by Crippen LogP contribution is 2.48. The monoisotopic (exact) mass is 1710 g/mol. The summed E-state index contributed by atoms with van der Waals surface area (Å²) in [5, 5.41) is 18.0. The van der Waals surface area contributed by atoms with Crippen molar-refractivity contribution in [1.82, 2.24) is 44.9 Å². The number of para-hydroxylation sites is 1. The Hall–Kier alpha value is -11.2. The Kier molecular flexibility index (Phi) is 31.6. The number of carbonyl (C=O) groups excluding carboxylic acids is 1. The third-order valence-corrected chi connectivity index (χ3v) is 23.4. The van der Waals surface area contributed by atoms with Crippen molar-refractivity contribution in [2.45, 2.75) is 187 Å². The van der Waals surface area contributed by atoms with E-state index in [4.69, 9.17) is 44.3 Å². The first-order chi connectivity index (χ1) is 65.2. The Morgan fingerprint density at radius 1 is 0.496 bits per heavy atom. The molecule has 6 fully saturated rings. The molecule has 5 aromatic heterocycles. The molecule has 6 aliphatic heterocycles. The summed E-state index contributed by atoms with van der Waals surface area (Å²) in [6.45, 7) is 28.3. The number of hydrogen-bond donors (Lipinski definition) is 0. The van der Waals surface area contributed by atoms with Crippen LogP contribution in [0.15, 0.2) is 280 Å². The second kappa shape index (κ2) is 46.7. The topological polar surface area (TPSA) is 151 Å². The molecule has 10 atom stereocenters. The lowest BCUT2D eigenvalue weighted by Gasteiger charge is -2.52. The Bertz CT molecular complexity index is 6000. The molecule has 6 saturated heterocycles. The SMILES string of the molecule is CCC1CN2CCC1CC2C(OC(C)(C)C)c1ccnc2ccc(OC)cc12.CCC1CN2CCC1CC2C(OC(C)(C)C)c1ccnc2ccc(OC)cc12.[2H]C.[2H]C.[2H]C.[2H]C.[2H]C.[2H]C(=O)c1ccc(Cl)cc1.[2H]c1cc(C)c2ccccc2n1.[2H]c1cc2ccccc2c2ccccc12.[2H]c1nc(-c2ccccc2)nc(C)c1-c1ccccc1.[2H]c1nnc(C)c2ccccc12. The number of nitrogens with zero attached hydrogens (tertiary/aromatic N) is 9. The Morgan fingerprint density at radius 2 is 0.960 bits per heavy atom. The van der Waals surface area contributed by atoms with E-state index in [1.54, 1.807) is 32.4 Å². The molecule has 11 heterocycles. The number of aromatic nitrogens is 7. The van der Waals surface area contributed by atoms with Gasteiger partial charge in [-0.1, -0.05) is 251 Å². The Morgan fingerprint density at radius 3 is 1.44 bits per heavy atom. The van der Waals surface area contributed by atoms with E-state index in [2.05, 4.69) is 143 Å². The number of fused-ring (bicyclic) bond motifs is 13. The lowest BCUT2D eigenvalue weighted by Crippen LogP contribution is -2.56. The number of pyridine rings is 3. The molecule has 656 valence electrons. The molecule has 0 N–H and O–H groups in total. The highest BCUT2D eigenvalue weighted by Gasteiger charge is 2.46. The molecule has 10 aromatic carbocycles. The number of rotatable bonds is 13. The maximum Gasteiger partial charge on any atom is 0.159 e. The number of hydrogen-bond acceptors (Lipinski definition) is 14. The number of methoxy groups -OCH3 is 2. The summed E-state index contributed by atoms with van der Waals surface area (Å²) in [5.74, 6) is 5.68. The number of aryl methyl sites for hydroxylation is 3. The fourth-order valence-electron chi connectivity index (χ4n) is 17.1. The number of halogens is 1. The third kappa shape index (κ3) is 25.5. The third-order valence-electron chi connectivity index (χ3n) is 23.2. The first-order valence-electron chi connectivity index (χ1n) is 49.5. The van der Waals surface area contributed by atoms with Crippen LogP contribution in [0.5, 0.6) is 11.5 Å². The fraction of sp³-hybridized carbons (Fsp3) is 0.345. The van der Waals surface area contributed by atoms with Crippen LogP contribution in [0.4, 0.5) is 0 Å². The summed E-state index contributed by atoms with van der Waals surface area (Å²) in [6.07, 6.45) is 11.8. The maximum atomic E-state index is 10.4. The van der Waals surface area contributed by atoms with Gasteiger partial charge in [-0.2, -0.15) is 10.2 Å². The van der Waals surface area contributed by atoms with Crippen molar-refractivity contribution in [2.24, 2.45) is 23.7 Å². The molecule has 21 rings (SSSR count). The van der Waals surface area contributed by atoms with Crippen molar-refractivity contribution >= 4 is 82.9 Å². The smallest absolute Gasteiger partial charge is 0.159 e. The predicted molar refractivity (Wildman–Crippen MR) is 528 cm³/mol. The van der Waals surface area contributed by atoms with E-state index in [1.165, 1.54) is 136 Å². The van der Waals surface area contributed by atoms with Gasteiger partial charge < -0.3 is 18.9 Å². The number of ether oxygens (including phenoxy) is 4. The first-order valence-corrected chi connectivity index (χ1v) is 42.3. The molecule has 15 aromatic rings. The van der Waals surface area contributed by atoms with Crippen LogP contribution in [0.25, 0.3) is 87.5 Å². The predicted octanol–water partition coefficient (Wildman–Crippen LogP) is 28.4. The molecule has 0 amide bonds. The van der Waals surface area contributed by atoms with Crippen molar-refractivity contribution in [3.63, 3.8) is 0 Å². The van der Waals surface area contributed by atoms with E-state index in [9.17, 15) is 4.79 Å². The summed E-state index contributed by atoms with van der Waals surface area (Å²) >= 11 is 5.54. The van der Waals surface area contributed by atoms with E-state index in [1.807, 2.05) is 203 Å². The van der Waals surface area contributed by atoms with Crippen LogP contribution in [-0.4, -0.2) is 115 Å². The van der Waals surface area contributed by atoms with Gasteiger partial charge in [-0.15, -0.1) is 0 Å². The van der Waals surface area contributed by atoms with E-state index in [-0.39, 0.29) is 35.8 Å². The van der Waals surface area contributed by atoms with Gasteiger partial charge in [-0.3, -0.25) is 29.5 Å². The molecule has 4 bridgehead atoms. The molecule has 15 heteroatoms. The quantitative estimate of drug-likeness (QED) is 0.0795. The van der Waals surface area contributed by atoms with Crippen molar-refractivity contribution in [1.29, 1.82) is 0 Å². The van der Waals surface area contributed by atoms with E-state index in [0.29, 0.717) is 40.7 Å². The summed E-state index contributed by atoms with van der Waals surface area (Å²) in [6, 6.07) is 79.4. The molecular weight excluding hydrogens is 1560 g/mol. The lowest BCUT2D eigenvalue weighted by molar-refractivity contribution is -0.131. The van der Waals surface area contributed by atoms with Gasteiger partial charge in [0.05, 0.1) is 71.5 Å². The average molecular weight is 1710 g/mol. The summed E-state index contributed by atoms with van der Waals surface area (Å²) in [5.41, 5.74) is 10.9. The van der Waals surface area contributed by atoms with Crippen LogP contribution in [-0.2, 0) is 9.47 Å². The van der Waals surface area contributed by atoms with Crippen LogP contribution in [0.1, 0.15) is 195 Å². The molecule has 14 nitrogen and oxygen atoms in total. The second-order valence-corrected chi connectivity index (χ2v) is 33.7. The van der Waals surface area contributed by atoms with Crippen LogP contribution >= 0.6 is 11.6 Å². The van der Waals surface area contributed by atoms with Gasteiger partial charge in [0.2, 0.25) is 0 Å². The van der Waals surface area contributed by atoms with Crippen molar-refractivity contribution in [3.8, 4) is 34.0 Å². The number of benzene rings is 10. The maximum absolute atomic E-state index is 10.4. The minimum atomic E-state index is -0.684. The van der Waals surface area contributed by atoms with Gasteiger partial charge in [-0.05, 0) is 241 Å². The van der Waals surface area contributed by atoms with Crippen molar-refractivity contribution in [2.75, 3.05) is 40.4 Å². The molecule has 125 heavy (non-hydrogen) atoms. The standard InChI is InChI=1S/2C24H34N2O2.C17H14N2.C14H10.C10H9N.C9H8N2.C7H5ClO.5CH4/c2*1-6-16-15-26-12-10-17(16)13-22(26)23(28-24(2,3)4)19-9-11-25-21-8-7-18(27-5)14-20(19)21;1-13-16(14-8-4-2-5-9-14)12-18-17(19-13)15-10-6-3-7-11-15;1-3-7-13-11(5-1)9-10-12-6-2-4-8-14(12)13;1-8-6-7-11-10-5-3-2-4-9(8)10;1-7-9-5-3-2-4-8(9)6-10-11-7;8-7-3-1-6(5-9)2-4-7;;;;;/h2*7-9,11,14,16-17,22-23H,6,10,12-13,15H2,1-5H3;2-12H,1H3;1-10H;2-7H,1H3;2-6H,1H3;1-5H;5*1H4/i;;12D;9D;7D;6D;5D;5*1D. The Labute approximate surface area is 764 Å². The minimum absolute atomic E-state index is 0.0400. The summed E-state index contributed by atoms with van der Waals surface area (Å²) in [4.78, 5) is 37.9. The Balaban J connectivity index is 0.000000196. The van der Waals surface area contributed by atoms with E-state index < -0.39 is 6.26 Å². The van der Waals surface area contributed by atoms with Gasteiger partial charge in [0.15, 0.2) is 5.82 Å². The number of aldehydes is 1. The highest BCUT2D eigenvalue weighted by atomic mass is 35.5. The molecular formula is C110H134ClN9O5. The summed E-state index contributed by atoms with van der Waals surface area (Å²) in [7, 11) is 9.69. The largest absolute Gasteiger partial charge is 0.497 e. The van der Waals surface area contributed by atoms with Crippen LogP contribution in [0, 0.1) is 44.4 Å². The molecule has 0 saturated carbocycles. The average Bonchev–Trinajstić information content (AvgIpc) is 0.754. The zero-order valence-corrected chi connectivity index (χ0v) is 77.1. The normalized spacial score (nSPS) is 18.8. The van der Waals surface area contributed by atoms with Crippen LogP contribution in [0.3, 0.4) is 0 Å². The van der Waals surface area contributed by atoms with Crippen LogP contribution in [0.2, 0.25) is 5.02 Å². The fourth-order valence-corrected chi connectivity index (χ4v) is 17.2. The van der Waals surface area contributed by atoms with Crippen molar-refractivity contribution in [3.05, 3.63) is 318 Å². The number of carbonyl (C=O) groups is 1. The van der Waals surface area contributed by atoms with Gasteiger partial charge >= 0.3 is 0 Å². The van der Waals surface area contributed by atoms with Crippen LogP contribution < -0.4 is 9.47 Å². The number of piperidine rings is 6. The molecule has 6 aliphatic rings. The van der Waals surface area contributed by atoms with E-state index in [0.717, 1.165) is 123 Å². The first kappa shape index (κ1) is 84.6. The minimum Gasteiger partial charge on any atom is -0.497 e. The van der Waals surface area contributed by atoms with Gasteiger partial charge in [0.25, 0.3) is 0 Å². The summed E-state index contributed by atoms with van der Waals surface area (Å²) < 4.78 is 91.0. The second-order valence-electron chi connectivity index (χ2n) is 33.3. The van der Waals surface area contributed by atoms with Gasteiger partial charge in [0, 0.05) is 111 Å².